The number of halogens is 2. The molecule has 0 bridgehead atoms. The fourth-order valence-electron chi connectivity index (χ4n) is 4.53. The highest BCUT2D eigenvalue weighted by molar-refractivity contribution is 5.64. The van der Waals surface area contributed by atoms with E-state index in [-0.39, 0.29) is 12.2 Å². The average Bonchev–Trinajstić information content (AvgIpc) is 2.74. The summed E-state index contributed by atoms with van der Waals surface area (Å²) >= 11 is 0. The first-order valence-electron chi connectivity index (χ1n) is 11.3. The molecule has 2 aromatic rings. The van der Waals surface area contributed by atoms with Gasteiger partial charge in [-0.15, -0.1) is 0 Å². The second-order valence-corrected chi connectivity index (χ2v) is 8.39. The van der Waals surface area contributed by atoms with Crippen LogP contribution in [0.3, 0.4) is 0 Å². The van der Waals surface area contributed by atoms with Gasteiger partial charge < -0.3 is 4.74 Å². The lowest BCUT2D eigenvalue weighted by atomic mass is 9.77. The third-order valence-corrected chi connectivity index (χ3v) is 6.37. The van der Waals surface area contributed by atoms with Gasteiger partial charge in [0.05, 0.1) is 6.61 Å². The lowest BCUT2D eigenvalue weighted by Gasteiger charge is -2.29. The molecular weight excluding hydrogens is 366 g/mol. The Morgan fingerprint density at radius 3 is 2.10 bits per heavy atom. The zero-order chi connectivity index (χ0) is 20.6. The van der Waals surface area contributed by atoms with Gasteiger partial charge in [0.15, 0.2) is 0 Å². The van der Waals surface area contributed by atoms with Crippen LogP contribution in [0.1, 0.15) is 82.3 Å². The van der Waals surface area contributed by atoms with Crippen molar-refractivity contribution in [3.63, 3.8) is 0 Å². The van der Waals surface area contributed by atoms with E-state index in [0.717, 1.165) is 11.5 Å². The largest absolute Gasteiger partial charge is 0.377 e. The second-order valence-electron chi connectivity index (χ2n) is 8.39. The Balaban J connectivity index is 1.62. The van der Waals surface area contributed by atoms with Crippen LogP contribution >= 0.6 is 0 Å². The Kier molecular flexibility index (Phi) is 8.23. The lowest BCUT2D eigenvalue weighted by Crippen LogP contribution is -2.13. The molecular formula is C26H34F2O. The molecule has 0 amide bonds. The molecule has 1 fully saturated rings. The van der Waals surface area contributed by atoms with E-state index in [2.05, 4.69) is 19.1 Å². The van der Waals surface area contributed by atoms with Crippen molar-refractivity contribution in [3.05, 3.63) is 59.2 Å². The highest BCUT2D eigenvalue weighted by atomic mass is 19.1. The summed E-state index contributed by atoms with van der Waals surface area (Å²) in [7, 11) is 0. The van der Waals surface area contributed by atoms with E-state index in [0.29, 0.717) is 18.1 Å². The van der Waals surface area contributed by atoms with E-state index in [1.54, 1.807) is 0 Å². The summed E-state index contributed by atoms with van der Waals surface area (Å²) in [6.45, 7) is 4.47. The first kappa shape index (κ1) is 22.0. The highest BCUT2D eigenvalue weighted by Gasteiger charge is 2.22. The van der Waals surface area contributed by atoms with Crippen LogP contribution in [0, 0.1) is 17.6 Å². The van der Waals surface area contributed by atoms with E-state index in [1.807, 2.05) is 19.1 Å². The SMILES string of the molecule is CCCCC[C@H]1CC[C@H](c2ccc(-c3cc(F)c(COCC)c(F)c3)cc2)CC1. The van der Waals surface area contributed by atoms with Crippen LogP contribution in [0.4, 0.5) is 8.78 Å². The third kappa shape index (κ3) is 5.88. The minimum Gasteiger partial charge on any atom is -0.377 e. The van der Waals surface area contributed by atoms with Crippen molar-refractivity contribution < 1.29 is 13.5 Å². The van der Waals surface area contributed by atoms with Crippen molar-refractivity contribution in [2.45, 2.75) is 77.7 Å². The first-order valence-corrected chi connectivity index (χ1v) is 11.3. The average molecular weight is 401 g/mol. The number of benzene rings is 2. The predicted octanol–water partition coefficient (Wildman–Crippen LogP) is 8.02. The molecule has 158 valence electrons. The Morgan fingerprint density at radius 2 is 1.52 bits per heavy atom. The maximum Gasteiger partial charge on any atom is 0.132 e. The molecule has 3 rings (SSSR count). The molecule has 0 radical (unpaired) electrons. The minimum absolute atomic E-state index is 0.00270. The minimum atomic E-state index is -0.543. The molecule has 1 saturated carbocycles. The molecule has 1 nitrogen and oxygen atoms in total. The topological polar surface area (TPSA) is 9.23 Å². The van der Waals surface area contributed by atoms with Gasteiger partial charge in [0, 0.05) is 12.2 Å². The fraction of sp³-hybridized carbons (Fsp3) is 0.538. The zero-order valence-corrected chi connectivity index (χ0v) is 17.9. The van der Waals surface area contributed by atoms with Crippen molar-refractivity contribution in [2.75, 3.05) is 6.61 Å². The van der Waals surface area contributed by atoms with Crippen LogP contribution in [-0.2, 0) is 11.3 Å². The molecule has 3 heteroatoms. The Labute approximate surface area is 174 Å². The van der Waals surface area contributed by atoms with Crippen molar-refractivity contribution in [3.8, 4) is 11.1 Å². The van der Waals surface area contributed by atoms with Gasteiger partial charge >= 0.3 is 0 Å². The van der Waals surface area contributed by atoms with Crippen LogP contribution in [0.2, 0.25) is 0 Å². The number of unbranched alkanes of at least 4 members (excludes halogenated alkanes) is 2. The van der Waals surface area contributed by atoms with Gasteiger partial charge in [0.1, 0.15) is 11.6 Å². The number of hydrogen-bond acceptors (Lipinski definition) is 1. The molecule has 0 aromatic heterocycles. The number of hydrogen-bond donors (Lipinski definition) is 0. The maximum atomic E-state index is 14.3. The summed E-state index contributed by atoms with van der Waals surface area (Å²) in [5.41, 5.74) is 2.78. The van der Waals surface area contributed by atoms with Crippen LogP contribution in [0.5, 0.6) is 0 Å². The molecule has 0 aliphatic heterocycles. The highest BCUT2D eigenvalue weighted by Crippen LogP contribution is 2.38. The quantitative estimate of drug-likeness (QED) is 0.387. The van der Waals surface area contributed by atoms with Gasteiger partial charge in [0.2, 0.25) is 0 Å². The molecule has 0 spiro atoms. The normalized spacial score (nSPS) is 19.4. The Hall–Kier alpha value is -1.74. The van der Waals surface area contributed by atoms with Gasteiger partial charge in [0.25, 0.3) is 0 Å². The molecule has 0 unspecified atom stereocenters. The third-order valence-electron chi connectivity index (χ3n) is 6.37. The van der Waals surface area contributed by atoms with Crippen molar-refractivity contribution in [1.82, 2.24) is 0 Å². The molecule has 0 atom stereocenters. The molecule has 0 saturated heterocycles. The van der Waals surface area contributed by atoms with Crippen LogP contribution < -0.4 is 0 Å². The maximum absolute atomic E-state index is 14.3. The van der Waals surface area contributed by atoms with Gasteiger partial charge in [-0.25, -0.2) is 8.78 Å². The Morgan fingerprint density at radius 1 is 0.862 bits per heavy atom. The second kappa shape index (κ2) is 10.9. The molecule has 0 heterocycles. The van der Waals surface area contributed by atoms with Crippen molar-refractivity contribution in [2.24, 2.45) is 5.92 Å². The lowest BCUT2D eigenvalue weighted by molar-refractivity contribution is 0.128. The van der Waals surface area contributed by atoms with Crippen LogP contribution in [0.25, 0.3) is 11.1 Å². The molecule has 1 aliphatic carbocycles. The molecule has 29 heavy (non-hydrogen) atoms. The summed E-state index contributed by atoms with van der Waals surface area (Å²) in [6.07, 6.45) is 10.6. The number of ether oxygens (including phenoxy) is 1. The van der Waals surface area contributed by atoms with Gasteiger partial charge in [-0.05, 0) is 73.3 Å². The summed E-state index contributed by atoms with van der Waals surface area (Å²) in [4.78, 5) is 0. The molecule has 1 aliphatic rings. The van der Waals surface area contributed by atoms with Crippen molar-refractivity contribution >= 4 is 0 Å². The van der Waals surface area contributed by atoms with E-state index in [9.17, 15) is 8.78 Å². The standard InChI is InChI=1S/C26H34F2O/c1-3-5-6-7-19-8-10-20(11-9-19)21-12-14-22(15-13-21)23-16-25(27)24(18-29-4-2)26(28)17-23/h12-17,19-20H,3-11,18H2,1-2H3/t19-,20-. The number of rotatable bonds is 9. The van der Waals surface area contributed by atoms with E-state index in [4.69, 9.17) is 4.74 Å². The smallest absolute Gasteiger partial charge is 0.132 e. The summed E-state index contributed by atoms with van der Waals surface area (Å²) in [5, 5.41) is 0. The summed E-state index contributed by atoms with van der Waals surface area (Å²) < 4.78 is 33.8. The van der Waals surface area contributed by atoms with Gasteiger partial charge in [-0.1, -0.05) is 56.9 Å². The monoisotopic (exact) mass is 400 g/mol. The zero-order valence-electron chi connectivity index (χ0n) is 17.9. The summed E-state index contributed by atoms with van der Waals surface area (Å²) in [6, 6.07) is 11.1. The Bertz CT molecular complexity index is 738. The van der Waals surface area contributed by atoms with Crippen LogP contribution in [-0.4, -0.2) is 6.61 Å². The van der Waals surface area contributed by atoms with Crippen LogP contribution in [0.15, 0.2) is 36.4 Å². The fourth-order valence-corrected chi connectivity index (χ4v) is 4.53. The summed E-state index contributed by atoms with van der Waals surface area (Å²) in [5.74, 6) is 0.435. The first-order chi connectivity index (χ1) is 14.1. The van der Waals surface area contributed by atoms with Gasteiger partial charge in [-0.3, -0.25) is 0 Å². The van der Waals surface area contributed by atoms with E-state index >= 15 is 0 Å². The van der Waals surface area contributed by atoms with Gasteiger partial charge in [-0.2, -0.15) is 0 Å². The van der Waals surface area contributed by atoms with Crippen molar-refractivity contribution in [1.29, 1.82) is 0 Å². The molecule has 0 N–H and O–H groups in total. The molecule has 2 aromatic carbocycles. The van der Waals surface area contributed by atoms with E-state index in [1.165, 1.54) is 69.1 Å². The van der Waals surface area contributed by atoms with E-state index < -0.39 is 11.6 Å². The predicted molar refractivity (Wildman–Crippen MR) is 116 cm³/mol.